The number of carbonyl (C=O) groups excluding carboxylic acids is 1. The summed E-state index contributed by atoms with van der Waals surface area (Å²) >= 11 is 1.36. The van der Waals surface area contributed by atoms with Crippen molar-refractivity contribution < 1.29 is 4.79 Å². The van der Waals surface area contributed by atoms with Gasteiger partial charge in [-0.25, -0.2) is 9.97 Å². The molecule has 1 heterocycles. The van der Waals surface area contributed by atoms with Gasteiger partial charge in [0, 0.05) is 25.5 Å². The van der Waals surface area contributed by atoms with E-state index < -0.39 is 0 Å². The van der Waals surface area contributed by atoms with E-state index in [0.29, 0.717) is 11.7 Å². The first-order valence-electron chi connectivity index (χ1n) is 5.45. The Morgan fingerprint density at radius 2 is 2.12 bits per heavy atom. The Bertz CT molecular complexity index is 345. The van der Waals surface area contributed by atoms with Crippen LogP contribution in [0.3, 0.4) is 0 Å². The standard InChI is InChI=1S/C11H18N4OS/c1-9(10(16)12-7-8-15(2)3)17-11-13-5-4-6-14-11/h4-6,9H,7-8H2,1-3H3,(H,12,16). The van der Waals surface area contributed by atoms with E-state index in [-0.39, 0.29) is 11.2 Å². The molecule has 6 heteroatoms. The molecule has 0 radical (unpaired) electrons. The summed E-state index contributed by atoms with van der Waals surface area (Å²) in [7, 11) is 3.95. The molecule has 1 atom stereocenters. The van der Waals surface area contributed by atoms with Gasteiger partial charge < -0.3 is 10.2 Å². The fourth-order valence-electron chi connectivity index (χ4n) is 1.10. The minimum atomic E-state index is -0.181. The third-order valence-electron chi connectivity index (χ3n) is 2.05. The van der Waals surface area contributed by atoms with Gasteiger partial charge in [0.2, 0.25) is 5.91 Å². The van der Waals surface area contributed by atoms with Crippen LogP contribution in [0.1, 0.15) is 6.92 Å². The van der Waals surface area contributed by atoms with Crippen molar-refractivity contribution >= 4 is 17.7 Å². The number of aromatic nitrogens is 2. The van der Waals surface area contributed by atoms with Crippen LogP contribution in [0.2, 0.25) is 0 Å². The largest absolute Gasteiger partial charge is 0.354 e. The molecule has 94 valence electrons. The predicted octanol–water partition coefficient (Wildman–Crippen LogP) is 0.635. The van der Waals surface area contributed by atoms with Crippen LogP contribution in [0.25, 0.3) is 0 Å². The molecule has 0 aliphatic rings. The van der Waals surface area contributed by atoms with E-state index in [1.807, 2.05) is 25.9 Å². The van der Waals surface area contributed by atoms with Crippen molar-refractivity contribution in [2.24, 2.45) is 0 Å². The number of carbonyl (C=O) groups is 1. The number of hydrogen-bond acceptors (Lipinski definition) is 5. The fourth-order valence-corrected chi connectivity index (χ4v) is 1.85. The Hall–Kier alpha value is -1.14. The summed E-state index contributed by atoms with van der Waals surface area (Å²) in [5.74, 6) is 0.0179. The molecule has 0 bridgehead atoms. The summed E-state index contributed by atoms with van der Waals surface area (Å²) < 4.78 is 0. The van der Waals surface area contributed by atoms with Gasteiger partial charge in [-0.2, -0.15) is 0 Å². The molecule has 1 aromatic rings. The molecule has 1 rings (SSSR count). The van der Waals surface area contributed by atoms with Crippen molar-refractivity contribution in [2.45, 2.75) is 17.3 Å². The van der Waals surface area contributed by atoms with Crippen LogP contribution in [0.5, 0.6) is 0 Å². The summed E-state index contributed by atoms with van der Waals surface area (Å²) in [6.45, 7) is 3.35. The third-order valence-corrected chi connectivity index (χ3v) is 3.04. The van der Waals surface area contributed by atoms with Crippen LogP contribution >= 0.6 is 11.8 Å². The Balaban J connectivity index is 2.32. The summed E-state index contributed by atoms with van der Waals surface area (Å²) in [4.78, 5) is 21.9. The summed E-state index contributed by atoms with van der Waals surface area (Å²) in [5.41, 5.74) is 0. The van der Waals surface area contributed by atoms with Gasteiger partial charge in [0.05, 0.1) is 5.25 Å². The molecule has 0 aliphatic carbocycles. The highest BCUT2D eigenvalue weighted by Gasteiger charge is 2.14. The zero-order chi connectivity index (χ0) is 12.7. The van der Waals surface area contributed by atoms with Gasteiger partial charge in [-0.05, 0) is 27.1 Å². The van der Waals surface area contributed by atoms with Crippen molar-refractivity contribution in [3.8, 4) is 0 Å². The minimum absolute atomic E-state index is 0.0179. The summed E-state index contributed by atoms with van der Waals surface area (Å²) in [6, 6.07) is 1.76. The summed E-state index contributed by atoms with van der Waals surface area (Å²) in [5, 5.41) is 3.32. The van der Waals surface area contributed by atoms with Crippen LogP contribution in [0.15, 0.2) is 23.6 Å². The van der Waals surface area contributed by atoms with Gasteiger partial charge in [-0.3, -0.25) is 4.79 Å². The molecule has 1 N–H and O–H groups in total. The predicted molar refractivity (Wildman–Crippen MR) is 68.9 cm³/mol. The van der Waals surface area contributed by atoms with Gasteiger partial charge in [0.1, 0.15) is 0 Å². The Kier molecular flexibility index (Phi) is 5.93. The number of rotatable bonds is 6. The van der Waals surface area contributed by atoms with Gasteiger partial charge >= 0.3 is 0 Å². The molecular weight excluding hydrogens is 236 g/mol. The molecule has 0 saturated carbocycles. The molecule has 17 heavy (non-hydrogen) atoms. The molecule has 0 aliphatic heterocycles. The number of nitrogens with one attached hydrogen (secondary N) is 1. The second-order valence-corrected chi connectivity index (χ2v) is 5.19. The molecule has 1 amide bonds. The molecule has 0 saturated heterocycles. The Morgan fingerprint density at radius 3 is 2.71 bits per heavy atom. The van der Waals surface area contributed by atoms with E-state index in [1.54, 1.807) is 18.5 Å². The maximum absolute atomic E-state index is 11.7. The smallest absolute Gasteiger partial charge is 0.233 e. The van der Waals surface area contributed by atoms with Crippen LogP contribution < -0.4 is 5.32 Å². The number of hydrogen-bond donors (Lipinski definition) is 1. The van der Waals surface area contributed by atoms with Crippen molar-refractivity contribution in [1.29, 1.82) is 0 Å². The number of likely N-dealkylation sites (N-methyl/N-ethyl adjacent to an activating group) is 1. The van der Waals surface area contributed by atoms with Crippen molar-refractivity contribution in [1.82, 2.24) is 20.2 Å². The highest BCUT2D eigenvalue weighted by Crippen LogP contribution is 2.17. The minimum Gasteiger partial charge on any atom is -0.354 e. The lowest BCUT2D eigenvalue weighted by Gasteiger charge is -2.13. The topological polar surface area (TPSA) is 58.1 Å². The lowest BCUT2D eigenvalue weighted by atomic mass is 10.4. The SMILES string of the molecule is CC(Sc1ncccn1)C(=O)NCCN(C)C. The van der Waals surface area contributed by atoms with Gasteiger partial charge in [-0.1, -0.05) is 11.8 Å². The second-order valence-electron chi connectivity index (χ2n) is 3.89. The third kappa shape index (κ3) is 5.65. The molecule has 5 nitrogen and oxygen atoms in total. The molecular formula is C11H18N4OS. The number of thioether (sulfide) groups is 1. The maximum Gasteiger partial charge on any atom is 0.233 e. The van der Waals surface area contributed by atoms with E-state index in [1.165, 1.54) is 11.8 Å². The van der Waals surface area contributed by atoms with Gasteiger partial charge in [0.15, 0.2) is 5.16 Å². The first-order valence-corrected chi connectivity index (χ1v) is 6.33. The highest BCUT2D eigenvalue weighted by atomic mass is 32.2. The molecule has 1 unspecified atom stereocenters. The van der Waals surface area contributed by atoms with E-state index in [4.69, 9.17) is 0 Å². The van der Waals surface area contributed by atoms with Crippen LogP contribution in [-0.4, -0.2) is 53.2 Å². The van der Waals surface area contributed by atoms with E-state index >= 15 is 0 Å². The highest BCUT2D eigenvalue weighted by molar-refractivity contribution is 8.00. The maximum atomic E-state index is 11.7. The first-order chi connectivity index (χ1) is 8.09. The zero-order valence-electron chi connectivity index (χ0n) is 10.4. The summed E-state index contributed by atoms with van der Waals surface area (Å²) in [6.07, 6.45) is 3.35. The van der Waals surface area contributed by atoms with Gasteiger partial charge in [0.25, 0.3) is 0 Å². The monoisotopic (exact) mass is 254 g/mol. The van der Waals surface area contributed by atoms with E-state index in [0.717, 1.165) is 6.54 Å². The molecule has 0 fully saturated rings. The lowest BCUT2D eigenvalue weighted by Crippen LogP contribution is -2.35. The number of amides is 1. The zero-order valence-corrected chi connectivity index (χ0v) is 11.2. The second kappa shape index (κ2) is 7.24. The normalized spacial score (nSPS) is 12.5. The Morgan fingerprint density at radius 1 is 1.47 bits per heavy atom. The average Bonchev–Trinajstić information content (AvgIpc) is 2.29. The lowest BCUT2D eigenvalue weighted by molar-refractivity contribution is -0.120. The number of nitrogens with zero attached hydrogens (tertiary/aromatic N) is 3. The van der Waals surface area contributed by atoms with E-state index in [9.17, 15) is 4.79 Å². The van der Waals surface area contributed by atoms with Crippen molar-refractivity contribution in [2.75, 3.05) is 27.2 Å². The van der Waals surface area contributed by atoms with Crippen LogP contribution in [0.4, 0.5) is 0 Å². The fraction of sp³-hybridized carbons (Fsp3) is 0.545. The van der Waals surface area contributed by atoms with Crippen molar-refractivity contribution in [3.05, 3.63) is 18.5 Å². The molecule has 0 aromatic carbocycles. The molecule has 1 aromatic heterocycles. The quantitative estimate of drug-likeness (QED) is 0.596. The van der Waals surface area contributed by atoms with Crippen molar-refractivity contribution in [3.63, 3.8) is 0 Å². The molecule has 0 spiro atoms. The average molecular weight is 254 g/mol. The van der Waals surface area contributed by atoms with Crippen LogP contribution in [-0.2, 0) is 4.79 Å². The van der Waals surface area contributed by atoms with Gasteiger partial charge in [-0.15, -0.1) is 0 Å². The van der Waals surface area contributed by atoms with E-state index in [2.05, 4.69) is 15.3 Å². The Labute approximate surface area is 106 Å². The van der Waals surface area contributed by atoms with Crippen LogP contribution in [0, 0.1) is 0 Å². The first kappa shape index (κ1) is 13.9.